The van der Waals surface area contributed by atoms with Crippen molar-refractivity contribution in [3.8, 4) is 57.2 Å². The van der Waals surface area contributed by atoms with Crippen LogP contribution in [0.2, 0.25) is 10.0 Å². The topological polar surface area (TPSA) is 171 Å². The number of ether oxygens (including phenoxy) is 2. The standard InChI is InChI=1S/C18H16ClN5O2.C18H18ClN3O2/c1-11(2)25-16-8-7-14(9-15(16)19)17-22-18(26-23-17)13-5-3-12(4-6-13)10-21-24-20;1-11(2)23-16-8-7-14(9-15(16)19)17-21-18(24-22-17)13-5-3-12(10-20)4-6-13/h3-9,11H,10H2,1-2H3;3-9,11H,10,20H2,1-2H3. The molecule has 0 aliphatic heterocycles. The Labute approximate surface area is 298 Å². The van der Waals surface area contributed by atoms with E-state index >= 15 is 0 Å². The smallest absolute Gasteiger partial charge is 0.258 e. The second-order valence-electron chi connectivity index (χ2n) is 11.5. The highest BCUT2D eigenvalue weighted by Gasteiger charge is 2.15. The molecule has 2 heterocycles. The predicted molar refractivity (Wildman–Crippen MR) is 193 cm³/mol. The molecule has 12 nitrogen and oxygen atoms in total. The Morgan fingerprint density at radius 2 is 1.10 bits per heavy atom. The summed E-state index contributed by atoms with van der Waals surface area (Å²) in [7, 11) is 0. The highest BCUT2D eigenvalue weighted by Crippen LogP contribution is 2.32. The van der Waals surface area contributed by atoms with Crippen LogP contribution in [0.3, 0.4) is 0 Å². The van der Waals surface area contributed by atoms with Crippen molar-refractivity contribution in [1.29, 1.82) is 0 Å². The lowest BCUT2D eigenvalue weighted by atomic mass is 10.1. The van der Waals surface area contributed by atoms with E-state index in [-0.39, 0.29) is 12.2 Å². The number of rotatable bonds is 11. The van der Waals surface area contributed by atoms with Crippen molar-refractivity contribution < 1.29 is 18.5 Å². The molecule has 256 valence electrons. The van der Waals surface area contributed by atoms with E-state index in [1.54, 1.807) is 18.2 Å². The molecule has 0 atom stereocenters. The molecular weight excluding hydrogens is 679 g/mol. The van der Waals surface area contributed by atoms with Crippen LogP contribution in [0.5, 0.6) is 11.5 Å². The quantitative estimate of drug-likeness (QED) is 0.0779. The second-order valence-corrected chi connectivity index (χ2v) is 12.3. The van der Waals surface area contributed by atoms with Crippen molar-refractivity contribution in [3.63, 3.8) is 0 Å². The summed E-state index contributed by atoms with van der Waals surface area (Å²) in [5, 5.41) is 12.6. The van der Waals surface area contributed by atoms with E-state index in [2.05, 4.69) is 30.3 Å². The Balaban J connectivity index is 0.000000195. The number of nitrogens with two attached hydrogens (primary N) is 1. The first-order valence-electron chi connectivity index (χ1n) is 15.6. The van der Waals surface area contributed by atoms with Crippen molar-refractivity contribution in [3.05, 3.63) is 117 Å². The zero-order valence-electron chi connectivity index (χ0n) is 27.7. The van der Waals surface area contributed by atoms with Crippen molar-refractivity contribution >= 4 is 23.2 Å². The normalized spacial score (nSPS) is 10.8. The molecule has 2 aromatic heterocycles. The van der Waals surface area contributed by atoms with Gasteiger partial charge in [-0.3, -0.25) is 0 Å². The lowest BCUT2D eigenvalue weighted by Crippen LogP contribution is -2.05. The first-order chi connectivity index (χ1) is 24.1. The van der Waals surface area contributed by atoms with Crippen LogP contribution in [-0.2, 0) is 13.1 Å². The highest BCUT2D eigenvalue weighted by molar-refractivity contribution is 6.32. The summed E-state index contributed by atoms with van der Waals surface area (Å²) in [6.45, 7) is 8.58. The predicted octanol–water partition coefficient (Wildman–Crippen LogP) is 9.96. The Bertz CT molecular complexity index is 2070. The molecule has 0 aliphatic rings. The van der Waals surface area contributed by atoms with E-state index < -0.39 is 0 Å². The van der Waals surface area contributed by atoms with Crippen molar-refractivity contribution in [1.82, 2.24) is 20.3 Å². The fourth-order valence-electron chi connectivity index (χ4n) is 4.54. The Hall–Kier alpha value is -5.39. The third kappa shape index (κ3) is 9.40. The van der Waals surface area contributed by atoms with Gasteiger partial charge in [-0.05, 0) is 105 Å². The summed E-state index contributed by atoms with van der Waals surface area (Å²) in [4.78, 5) is 11.6. The minimum atomic E-state index is 0.0388. The molecule has 14 heteroatoms. The number of benzene rings is 4. The first kappa shape index (κ1) is 35.9. The van der Waals surface area contributed by atoms with Gasteiger partial charge in [-0.15, -0.1) is 0 Å². The molecule has 4 aromatic carbocycles. The third-order valence-corrected chi connectivity index (χ3v) is 7.50. The van der Waals surface area contributed by atoms with Gasteiger partial charge in [0.15, 0.2) is 0 Å². The molecule has 0 unspecified atom stereocenters. The van der Waals surface area contributed by atoms with Crippen LogP contribution in [0, 0.1) is 0 Å². The Morgan fingerprint density at radius 3 is 1.48 bits per heavy atom. The van der Waals surface area contributed by atoms with Crippen LogP contribution in [0.15, 0.2) is 99.1 Å². The molecule has 0 amide bonds. The molecule has 0 aliphatic carbocycles. The summed E-state index contributed by atoms with van der Waals surface area (Å²) in [5.74, 6) is 3.02. The fraction of sp³-hybridized carbons (Fsp3) is 0.222. The summed E-state index contributed by atoms with van der Waals surface area (Å²) >= 11 is 12.5. The van der Waals surface area contributed by atoms with Gasteiger partial charge < -0.3 is 24.3 Å². The largest absolute Gasteiger partial charge is 0.489 e. The van der Waals surface area contributed by atoms with E-state index in [0.29, 0.717) is 58.1 Å². The van der Waals surface area contributed by atoms with E-state index in [1.807, 2.05) is 94.4 Å². The Kier molecular flexibility index (Phi) is 12.1. The van der Waals surface area contributed by atoms with E-state index in [4.69, 9.17) is 53.0 Å². The van der Waals surface area contributed by atoms with E-state index in [1.165, 1.54) is 0 Å². The first-order valence-corrected chi connectivity index (χ1v) is 16.4. The van der Waals surface area contributed by atoms with Crippen LogP contribution >= 0.6 is 23.2 Å². The van der Waals surface area contributed by atoms with Crippen molar-refractivity contribution in [2.24, 2.45) is 10.8 Å². The van der Waals surface area contributed by atoms with E-state index in [9.17, 15) is 0 Å². The number of hydrogen-bond donors (Lipinski definition) is 1. The van der Waals surface area contributed by atoms with Crippen molar-refractivity contribution in [2.45, 2.75) is 53.0 Å². The molecule has 2 N–H and O–H groups in total. The van der Waals surface area contributed by atoms with Gasteiger partial charge in [0.25, 0.3) is 11.8 Å². The van der Waals surface area contributed by atoms with Crippen LogP contribution in [0.4, 0.5) is 0 Å². The van der Waals surface area contributed by atoms with Crippen LogP contribution in [0.25, 0.3) is 56.1 Å². The molecule has 0 saturated heterocycles. The Morgan fingerprint density at radius 1 is 0.680 bits per heavy atom. The maximum Gasteiger partial charge on any atom is 0.258 e. The average Bonchev–Trinajstić information content (AvgIpc) is 3.81. The molecule has 6 rings (SSSR count). The van der Waals surface area contributed by atoms with Gasteiger partial charge >= 0.3 is 0 Å². The highest BCUT2D eigenvalue weighted by atomic mass is 35.5. The van der Waals surface area contributed by atoms with Gasteiger partial charge in [-0.2, -0.15) is 9.97 Å². The lowest BCUT2D eigenvalue weighted by molar-refractivity contribution is 0.242. The summed E-state index contributed by atoms with van der Waals surface area (Å²) in [6.07, 6.45) is 0.0959. The molecule has 6 aromatic rings. The van der Waals surface area contributed by atoms with Crippen LogP contribution in [0.1, 0.15) is 38.8 Å². The number of hydrogen-bond acceptors (Lipinski definition) is 10. The number of aromatic nitrogens is 4. The molecule has 0 spiro atoms. The SMILES string of the molecule is CC(C)Oc1ccc(-c2noc(-c3ccc(CN)cc3)n2)cc1Cl.CC(C)Oc1ccc(-c2noc(-c3ccc(CN=[N+]=[N-])cc3)n2)cc1Cl. The molecule has 0 bridgehead atoms. The number of halogens is 2. The number of nitrogens with zero attached hydrogens (tertiary/aromatic N) is 7. The summed E-state index contributed by atoms with van der Waals surface area (Å²) in [6, 6.07) is 25.9. The second kappa shape index (κ2) is 16.8. The summed E-state index contributed by atoms with van der Waals surface area (Å²) < 4.78 is 21.9. The third-order valence-electron chi connectivity index (χ3n) is 6.91. The molecule has 50 heavy (non-hydrogen) atoms. The summed E-state index contributed by atoms with van der Waals surface area (Å²) in [5.41, 5.74) is 19.0. The van der Waals surface area contributed by atoms with Gasteiger partial charge in [0.2, 0.25) is 11.6 Å². The van der Waals surface area contributed by atoms with Gasteiger partial charge in [-0.25, -0.2) is 0 Å². The van der Waals surface area contributed by atoms with Gasteiger partial charge in [0.1, 0.15) is 11.5 Å². The number of azide groups is 1. The maximum absolute atomic E-state index is 8.36. The molecule has 0 saturated carbocycles. The molecule has 0 radical (unpaired) electrons. The zero-order valence-corrected chi connectivity index (χ0v) is 29.3. The molecule has 0 fully saturated rings. The molecular formula is C36H34Cl2N8O4. The average molecular weight is 714 g/mol. The fourth-order valence-corrected chi connectivity index (χ4v) is 4.99. The van der Waals surface area contributed by atoms with Crippen LogP contribution in [-0.4, -0.2) is 32.5 Å². The maximum atomic E-state index is 8.36. The minimum absolute atomic E-state index is 0.0388. The van der Waals surface area contributed by atoms with Crippen molar-refractivity contribution in [2.75, 3.05) is 0 Å². The van der Waals surface area contributed by atoms with Gasteiger partial charge in [-0.1, -0.05) is 62.9 Å². The monoisotopic (exact) mass is 712 g/mol. The van der Waals surface area contributed by atoms with Gasteiger partial charge in [0, 0.05) is 33.7 Å². The van der Waals surface area contributed by atoms with Crippen LogP contribution < -0.4 is 15.2 Å². The zero-order chi connectivity index (χ0) is 35.6. The van der Waals surface area contributed by atoms with Gasteiger partial charge in [0.05, 0.1) is 28.8 Å². The lowest BCUT2D eigenvalue weighted by Gasteiger charge is -2.11. The minimum Gasteiger partial charge on any atom is -0.489 e. The van der Waals surface area contributed by atoms with E-state index in [0.717, 1.165) is 33.4 Å².